The summed E-state index contributed by atoms with van der Waals surface area (Å²) in [7, 11) is 0. The number of urea groups is 1. The van der Waals surface area contributed by atoms with Crippen molar-refractivity contribution in [3.05, 3.63) is 29.6 Å². The molecule has 2 heterocycles. The second-order valence-corrected chi connectivity index (χ2v) is 6.49. The van der Waals surface area contributed by atoms with Crippen molar-refractivity contribution in [2.45, 2.75) is 32.3 Å². The number of hydrogen-bond acceptors (Lipinski definition) is 5. The van der Waals surface area contributed by atoms with Gasteiger partial charge in [0.05, 0.1) is 6.10 Å². The van der Waals surface area contributed by atoms with Gasteiger partial charge >= 0.3 is 6.03 Å². The van der Waals surface area contributed by atoms with E-state index in [4.69, 9.17) is 4.74 Å². The van der Waals surface area contributed by atoms with Gasteiger partial charge in [0, 0.05) is 36.3 Å². The molecular weight excluding hydrogens is 324 g/mol. The van der Waals surface area contributed by atoms with Crippen LogP contribution in [0, 0.1) is 0 Å². The fourth-order valence-electron chi connectivity index (χ4n) is 2.76. The second kappa shape index (κ2) is 8.21. The van der Waals surface area contributed by atoms with Crippen LogP contribution >= 0.6 is 11.5 Å². The number of rotatable bonds is 5. The third-order valence-electron chi connectivity index (χ3n) is 4.02. The number of anilines is 1. The summed E-state index contributed by atoms with van der Waals surface area (Å²) in [5, 5.41) is 8.90. The number of hydrogen-bond donors (Lipinski definition) is 1. The molecule has 7 heteroatoms. The maximum Gasteiger partial charge on any atom is 0.321 e. The van der Waals surface area contributed by atoms with Gasteiger partial charge < -0.3 is 15.0 Å². The average molecular weight is 346 g/mol. The van der Waals surface area contributed by atoms with Crippen LogP contribution in [-0.4, -0.2) is 46.3 Å². The molecule has 2 amide bonds. The summed E-state index contributed by atoms with van der Waals surface area (Å²) in [6, 6.07) is 7.59. The van der Waals surface area contributed by atoms with E-state index in [1.165, 1.54) is 11.5 Å². The first kappa shape index (κ1) is 16.9. The zero-order valence-corrected chi connectivity index (χ0v) is 14.6. The zero-order valence-electron chi connectivity index (χ0n) is 13.8. The standard InChI is InChI=1S/C17H22N4O2S/c1-2-10-23-15-4-3-9-21(11-15)17(22)18-14-7-5-13(6-8-14)16-12-24-20-19-16/h5-8,12,15H,2-4,9-11H2,1H3,(H,18,22)/t15-/m1/s1. The molecule has 6 nitrogen and oxygen atoms in total. The number of piperidine rings is 1. The van der Waals surface area contributed by atoms with Gasteiger partial charge in [-0.15, -0.1) is 5.10 Å². The number of ether oxygens (including phenoxy) is 1. The molecule has 1 fully saturated rings. The number of amides is 2. The molecule has 0 radical (unpaired) electrons. The topological polar surface area (TPSA) is 67.3 Å². The van der Waals surface area contributed by atoms with Crippen LogP contribution in [0.1, 0.15) is 26.2 Å². The Hall–Kier alpha value is -1.99. The highest BCUT2D eigenvalue weighted by Crippen LogP contribution is 2.21. The fraction of sp³-hybridized carbons (Fsp3) is 0.471. The highest BCUT2D eigenvalue weighted by atomic mass is 32.1. The van der Waals surface area contributed by atoms with Crippen LogP contribution in [0.15, 0.2) is 29.6 Å². The number of aromatic nitrogens is 2. The van der Waals surface area contributed by atoms with Gasteiger partial charge in [-0.3, -0.25) is 0 Å². The fourth-order valence-corrected chi connectivity index (χ4v) is 3.23. The van der Waals surface area contributed by atoms with Crippen LogP contribution in [-0.2, 0) is 4.74 Å². The summed E-state index contributed by atoms with van der Waals surface area (Å²) in [5.41, 5.74) is 2.63. The Balaban J connectivity index is 1.56. The van der Waals surface area contributed by atoms with Crippen molar-refractivity contribution in [2.75, 3.05) is 25.0 Å². The Bertz CT molecular complexity index is 645. The summed E-state index contributed by atoms with van der Waals surface area (Å²) in [4.78, 5) is 14.3. The van der Waals surface area contributed by atoms with Gasteiger partial charge in [0.15, 0.2) is 0 Å². The predicted molar refractivity (Wildman–Crippen MR) is 95.2 cm³/mol. The first-order valence-corrected chi connectivity index (χ1v) is 9.15. The molecule has 0 bridgehead atoms. The van der Waals surface area contributed by atoms with E-state index in [2.05, 4.69) is 21.8 Å². The highest BCUT2D eigenvalue weighted by Gasteiger charge is 2.24. The number of benzene rings is 1. The summed E-state index contributed by atoms with van der Waals surface area (Å²) in [6.45, 7) is 4.29. The van der Waals surface area contributed by atoms with Crippen molar-refractivity contribution in [2.24, 2.45) is 0 Å². The highest BCUT2D eigenvalue weighted by molar-refractivity contribution is 7.03. The number of nitrogens with one attached hydrogen (secondary N) is 1. The van der Waals surface area contributed by atoms with Crippen molar-refractivity contribution < 1.29 is 9.53 Å². The summed E-state index contributed by atoms with van der Waals surface area (Å²) in [6.07, 6.45) is 3.17. The molecule has 1 aromatic heterocycles. The van der Waals surface area contributed by atoms with E-state index < -0.39 is 0 Å². The van der Waals surface area contributed by atoms with Crippen molar-refractivity contribution in [1.82, 2.24) is 14.5 Å². The monoisotopic (exact) mass is 346 g/mol. The van der Waals surface area contributed by atoms with Crippen LogP contribution in [0.2, 0.25) is 0 Å². The largest absolute Gasteiger partial charge is 0.376 e. The molecule has 0 spiro atoms. The normalized spacial score (nSPS) is 17.7. The Morgan fingerprint density at radius 2 is 2.25 bits per heavy atom. The maximum atomic E-state index is 12.4. The van der Waals surface area contributed by atoms with Crippen molar-refractivity contribution in [3.63, 3.8) is 0 Å². The second-order valence-electron chi connectivity index (χ2n) is 5.88. The first-order chi connectivity index (χ1) is 11.8. The minimum atomic E-state index is -0.0668. The molecule has 0 aliphatic carbocycles. The molecule has 0 saturated carbocycles. The molecule has 1 aliphatic heterocycles. The predicted octanol–water partition coefficient (Wildman–Crippen LogP) is 3.63. The molecule has 1 saturated heterocycles. The van der Waals surface area contributed by atoms with Crippen LogP contribution in [0.25, 0.3) is 11.3 Å². The molecule has 0 unspecified atom stereocenters. The van der Waals surface area contributed by atoms with Crippen molar-refractivity contribution in [3.8, 4) is 11.3 Å². The summed E-state index contributed by atoms with van der Waals surface area (Å²) in [5.74, 6) is 0. The van der Waals surface area contributed by atoms with Crippen molar-refractivity contribution in [1.29, 1.82) is 0 Å². The van der Waals surface area contributed by atoms with Gasteiger partial charge in [-0.05, 0) is 42.9 Å². The van der Waals surface area contributed by atoms with Crippen LogP contribution in [0.3, 0.4) is 0 Å². The third-order valence-corrected chi connectivity index (χ3v) is 4.52. The molecule has 1 aliphatic rings. The Labute approximate surface area is 146 Å². The lowest BCUT2D eigenvalue weighted by Crippen LogP contribution is -2.45. The van der Waals surface area contributed by atoms with Gasteiger partial charge in [0.25, 0.3) is 0 Å². The Kier molecular flexibility index (Phi) is 5.77. The van der Waals surface area contributed by atoms with E-state index in [1.807, 2.05) is 34.5 Å². The molecule has 1 atom stereocenters. The smallest absolute Gasteiger partial charge is 0.321 e. The number of carbonyl (C=O) groups is 1. The van der Waals surface area contributed by atoms with E-state index in [0.29, 0.717) is 6.54 Å². The minimum absolute atomic E-state index is 0.0668. The van der Waals surface area contributed by atoms with E-state index in [-0.39, 0.29) is 12.1 Å². The molecule has 3 rings (SSSR count). The molecule has 2 aromatic rings. The molecule has 1 N–H and O–H groups in total. The van der Waals surface area contributed by atoms with Crippen LogP contribution in [0.5, 0.6) is 0 Å². The molecular formula is C17H22N4O2S. The lowest BCUT2D eigenvalue weighted by Gasteiger charge is -2.32. The van der Waals surface area contributed by atoms with Gasteiger partial charge in [0.2, 0.25) is 0 Å². The number of likely N-dealkylation sites (tertiary alicyclic amines) is 1. The van der Waals surface area contributed by atoms with E-state index in [0.717, 1.165) is 49.4 Å². The SMILES string of the molecule is CCCO[C@@H]1CCCN(C(=O)Nc2ccc(-c3csnn3)cc2)C1. The quantitative estimate of drug-likeness (QED) is 0.898. The lowest BCUT2D eigenvalue weighted by molar-refractivity contribution is 0.0115. The summed E-state index contributed by atoms with van der Waals surface area (Å²) >= 11 is 1.32. The van der Waals surface area contributed by atoms with Crippen LogP contribution < -0.4 is 5.32 Å². The Morgan fingerprint density at radius 3 is 2.96 bits per heavy atom. The van der Waals surface area contributed by atoms with E-state index in [9.17, 15) is 4.79 Å². The third kappa shape index (κ3) is 4.30. The van der Waals surface area contributed by atoms with Gasteiger partial charge in [0.1, 0.15) is 5.69 Å². The zero-order chi connectivity index (χ0) is 16.8. The molecule has 128 valence electrons. The van der Waals surface area contributed by atoms with Gasteiger partial charge in [-0.1, -0.05) is 23.5 Å². The van der Waals surface area contributed by atoms with Crippen molar-refractivity contribution >= 4 is 23.3 Å². The molecule has 24 heavy (non-hydrogen) atoms. The first-order valence-electron chi connectivity index (χ1n) is 8.31. The maximum absolute atomic E-state index is 12.4. The number of nitrogens with zero attached hydrogens (tertiary/aromatic N) is 3. The minimum Gasteiger partial charge on any atom is -0.376 e. The Morgan fingerprint density at radius 1 is 1.42 bits per heavy atom. The lowest BCUT2D eigenvalue weighted by atomic mass is 10.1. The van der Waals surface area contributed by atoms with Gasteiger partial charge in [-0.25, -0.2) is 4.79 Å². The molecule has 1 aromatic carbocycles. The van der Waals surface area contributed by atoms with E-state index in [1.54, 1.807) is 0 Å². The van der Waals surface area contributed by atoms with E-state index >= 15 is 0 Å². The summed E-state index contributed by atoms with van der Waals surface area (Å²) < 4.78 is 9.65. The van der Waals surface area contributed by atoms with Crippen LogP contribution in [0.4, 0.5) is 10.5 Å². The van der Waals surface area contributed by atoms with Gasteiger partial charge in [-0.2, -0.15) is 0 Å². The number of carbonyl (C=O) groups excluding carboxylic acids is 1. The average Bonchev–Trinajstić information content (AvgIpc) is 3.15.